The van der Waals surface area contributed by atoms with Gasteiger partial charge in [0.05, 0.1) is 5.02 Å². The van der Waals surface area contributed by atoms with E-state index < -0.39 is 10.0 Å². The van der Waals surface area contributed by atoms with Gasteiger partial charge in [0.15, 0.2) is 0 Å². The SMILES string of the molecule is O=S(=O)(NC1CCNC1)c1c[c]ccc1Cl. The van der Waals surface area contributed by atoms with Gasteiger partial charge in [-0.1, -0.05) is 17.7 Å². The first kappa shape index (κ1) is 11.9. The maximum absolute atomic E-state index is 12.0. The maximum Gasteiger partial charge on any atom is 0.242 e. The van der Waals surface area contributed by atoms with Crippen LogP contribution in [0.3, 0.4) is 0 Å². The average Bonchev–Trinajstić information content (AvgIpc) is 2.70. The van der Waals surface area contributed by atoms with Gasteiger partial charge in [0.25, 0.3) is 0 Å². The Morgan fingerprint density at radius 2 is 2.38 bits per heavy atom. The molecular formula is C10H12ClN2O2S. The Labute approximate surface area is 100 Å². The molecule has 1 unspecified atom stereocenters. The van der Waals surface area contributed by atoms with Crippen LogP contribution in [-0.4, -0.2) is 27.5 Å². The molecule has 0 aliphatic carbocycles. The molecular weight excluding hydrogens is 248 g/mol. The van der Waals surface area contributed by atoms with Crippen molar-refractivity contribution in [1.29, 1.82) is 0 Å². The van der Waals surface area contributed by atoms with Crippen molar-refractivity contribution in [3.05, 3.63) is 29.3 Å². The molecule has 1 radical (unpaired) electrons. The van der Waals surface area contributed by atoms with Crippen molar-refractivity contribution in [3.8, 4) is 0 Å². The van der Waals surface area contributed by atoms with E-state index in [1.165, 1.54) is 12.1 Å². The summed E-state index contributed by atoms with van der Waals surface area (Å²) in [7, 11) is -3.53. The minimum absolute atomic E-state index is 0.0544. The van der Waals surface area contributed by atoms with E-state index in [9.17, 15) is 8.42 Å². The molecule has 0 aromatic heterocycles. The minimum Gasteiger partial charge on any atom is -0.315 e. The van der Waals surface area contributed by atoms with E-state index in [1.54, 1.807) is 6.07 Å². The molecule has 1 fully saturated rings. The van der Waals surface area contributed by atoms with E-state index in [0.29, 0.717) is 6.54 Å². The molecule has 2 rings (SSSR count). The number of sulfonamides is 1. The summed E-state index contributed by atoms with van der Waals surface area (Å²) in [6.45, 7) is 1.50. The van der Waals surface area contributed by atoms with Crippen LogP contribution in [0.1, 0.15) is 6.42 Å². The van der Waals surface area contributed by atoms with E-state index in [0.717, 1.165) is 13.0 Å². The highest BCUT2D eigenvalue weighted by Gasteiger charge is 2.24. The Kier molecular flexibility index (Phi) is 3.49. The van der Waals surface area contributed by atoms with Gasteiger partial charge in [-0.2, -0.15) is 0 Å². The van der Waals surface area contributed by atoms with Crippen LogP contribution in [0, 0.1) is 6.07 Å². The van der Waals surface area contributed by atoms with Gasteiger partial charge in [-0.3, -0.25) is 0 Å². The predicted molar refractivity (Wildman–Crippen MR) is 61.9 cm³/mol. The molecule has 0 saturated carbocycles. The number of hydrogen-bond acceptors (Lipinski definition) is 3. The zero-order valence-electron chi connectivity index (χ0n) is 8.53. The van der Waals surface area contributed by atoms with Gasteiger partial charge in [0.2, 0.25) is 10.0 Å². The number of hydrogen-bond donors (Lipinski definition) is 2. The maximum atomic E-state index is 12.0. The molecule has 0 amide bonds. The number of nitrogens with one attached hydrogen (secondary N) is 2. The highest BCUT2D eigenvalue weighted by atomic mass is 35.5. The highest BCUT2D eigenvalue weighted by molar-refractivity contribution is 7.89. The molecule has 1 aromatic rings. The Bertz CT molecular complexity index is 469. The molecule has 6 heteroatoms. The van der Waals surface area contributed by atoms with Gasteiger partial charge in [0.1, 0.15) is 4.90 Å². The third-order valence-corrected chi connectivity index (χ3v) is 4.45. The van der Waals surface area contributed by atoms with Crippen molar-refractivity contribution in [1.82, 2.24) is 10.0 Å². The lowest BCUT2D eigenvalue weighted by Gasteiger charge is -2.12. The largest absolute Gasteiger partial charge is 0.315 e. The van der Waals surface area contributed by atoms with Crippen LogP contribution in [0.4, 0.5) is 0 Å². The molecule has 4 nitrogen and oxygen atoms in total. The molecule has 1 saturated heterocycles. The summed E-state index contributed by atoms with van der Waals surface area (Å²) in [5.74, 6) is 0. The van der Waals surface area contributed by atoms with E-state index in [1.807, 2.05) is 0 Å². The van der Waals surface area contributed by atoms with Crippen LogP contribution >= 0.6 is 11.6 Å². The lowest BCUT2D eigenvalue weighted by Crippen LogP contribution is -2.36. The summed E-state index contributed by atoms with van der Waals surface area (Å²) in [5.41, 5.74) is 0. The first-order valence-corrected chi connectivity index (χ1v) is 6.84. The summed E-state index contributed by atoms with van der Waals surface area (Å²) in [6.07, 6.45) is 0.799. The second-order valence-electron chi connectivity index (χ2n) is 3.67. The number of halogens is 1. The Morgan fingerprint density at radius 3 is 3.00 bits per heavy atom. The van der Waals surface area contributed by atoms with E-state index in [-0.39, 0.29) is 16.0 Å². The fourth-order valence-electron chi connectivity index (χ4n) is 1.64. The predicted octanol–water partition coefficient (Wildman–Crippen LogP) is 0.780. The lowest BCUT2D eigenvalue weighted by atomic mass is 10.3. The molecule has 16 heavy (non-hydrogen) atoms. The first-order chi connectivity index (χ1) is 7.59. The summed E-state index contributed by atoms with van der Waals surface area (Å²) >= 11 is 5.84. The van der Waals surface area contributed by atoms with Crippen LogP contribution in [-0.2, 0) is 10.0 Å². The van der Waals surface area contributed by atoms with Crippen molar-refractivity contribution in [2.75, 3.05) is 13.1 Å². The van der Waals surface area contributed by atoms with Gasteiger partial charge >= 0.3 is 0 Å². The standard InChI is InChI=1S/C10H12ClN2O2S/c11-9-3-1-2-4-10(9)16(14,15)13-8-5-6-12-7-8/h1,3-4,8,12-13H,5-7H2. The van der Waals surface area contributed by atoms with Gasteiger partial charge in [-0.05, 0) is 31.2 Å². The van der Waals surface area contributed by atoms with Gasteiger partial charge in [-0.25, -0.2) is 13.1 Å². The Balaban J connectivity index is 2.21. The summed E-state index contributed by atoms with van der Waals surface area (Å²) < 4.78 is 26.5. The van der Waals surface area contributed by atoms with Gasteiger partial charge in [-0.15, -0.1) is 0 Å². The van der Waals surface area contributed by atoms with Crippen molar-refractivity contribution < 1.29 is 8.42 Å². The zero-order valence-corrected chi connectivity index (χ0v) is 10.1. The van der Waals surface area contributed by atoms with Crippen LogP contribution in [0.2, 0.25) is 5.02 Å². The third-order valence-electron chi connectivity index (χ3n) is 2.45. The smallest absolute Gasteiger partial charge is 0.242 e. The topological polar surface area (TPSA) is 58.2 Å². The molecule has 1 aliphatic rings. The summed E-state index contributed by atoms with van der Waals surface area (Å²) in [5, 5.41) is 3.31. The first-order valence-electron chi connectivity index (χ1n) is 4.98. The lowest BCUT2D eigenvalue weighted by molar-refractivity contribution is 0.560. The Morgan fingerprint density at radius 1 is 1.56 bits per heavy atom. The minimum atomic E-state index is -3.53. The third kappa shape index (κ3) is 2.55. The monoisotopic (exact) mass is 259 g/mol. The fraction of sp³-hybridized carbons (Fsp3) is 0.400. The van der Waals surface area contributed by atoms with E-state index in [4.69, 9.17) is 11.6 Å². The van der Waals surface area contributed by atoms with Crippen LogP contribution in [0.5, 0.6) is 0 Å². The molecule has 0 bridgehead atoms. The second kappa shape index (κ2) is 4.71. The van der Waals surface area contributed by atoms with Crippen LogP contribution in [0.15, 0.2) is 23.1 Å². The normalized spacial score (nSPS) is 21.2. The molecule has 2 N–H and O–H groups in total. The van der Waals surface area contributed by atoms with Crippen molar-refractivity contribution in [2.24, 2.45) is 0 Å². The molecule has 0 spiro atoms. The summed E-state index contributed by atoms with van der Waals surface area (Å²) in [6, 6.07) is 7.14. The van der Waals surface area contributed by atoms with Gasteiger partial charge < -0.3 is 5.32 Å². The van der Waals surface area contributed by atoms with Crippen molar-refractivity contribution in [3.63, 3.8) is 0 Å². The van der Waals surface area contributed by atoms with Crippen LogP contribution in [0.25, 0.3) is 0 Å². The van der Waals surface area contributed by atoms with Crippen LogP contribution < -0.4 is 10.0 Å². The fourth-order valence-corrected chi connectivity index (χ4v) is 3.38. The molecule has 1 atom stereocenters. The molecule has 1 aromatic carbocycles. The zero-order chi connectivity index (χ0) is 11.6. The average molecular weight is 260 g/mol. The van der Waals surface area contributed by atoms with Crippen molar-refractivity contribution >= 4 is 21.6 Å². The van der Waals surface area contributed by atoms with E-state index in [2.05, 4.69) is 16.1 Å². The molecule has 87 valence electrons. The van der Waals surface area contributed by atoms with Gasteiger partial charge in [0, 0.05) is 12.6 Å². The quantitative estimate of drug-likeness (QED) is 0.844. The van der Waals surface area contributed by atoms with E-state index >= 15 is 0 Å². The summed E-state index contributed by atoms with van der Waals surface area (Å²) in [4.78, 5) is 0.0866. The molecule has 1 heterocycles. The number of rotatable bonds is 3. The molecule has 1 aliphatic heterocycles. The highest BCUT2D eigenvalue weighted by Crippen LogP contribution is 2.20. The number of benzene rings is 1. The Hall–Kier alpha value is -0.620. The van der Waals surface area contributed by atoms with Crippen molar-refractivity contribution in [2.45, 2.75) is 17.4 Å². The second-order valence-corrected chi connectivity index (χ2v) is 5.76.